The molecule has 4 aromatic rings. The van der Waals surface area contributed by atoms with Gasteiger partial charge in [-0.3, -0.25) is 20.0 Å². The molecule has 0 aliphatic carbocycles. The Hall–Kier alpha value is -3.81. The fourth-order valence-electron chi connectivity index (χ4n) is 2.86. The van der Waals surface area contributed by atoms with Crippen LogP contribution in [0.25, 0.3) is 11.1 Å². The normalized spacial score (nSPS) is 11.5. The summed E-state index contributed by atoms with van der Waals surface area (Å²) in [5.74, 6) is -0.406. The van der Waals surface area contributed by atoms with E-state index in [0.29, 0.717) is 5.52 Å². The number of fused-ring (bicyclic) bond motifs is 1. The van der Waals surface area contributed by atoms with Crippen LogP contribution in [0.3, 0.4) is 0 Å². The first kappa shape index (κ1) is 17.6. The zero-order chi connectivity index (χ0) is 19.7. The van der Waals surface area contributed by atoms with E-state index in [-0.39, 0.29) is 28.8 Å². The van der Waals surface area contributed by atoms with Crippen LogP contribution >= 0.6 is 0 Å². The van der Waals surface area contributed by atoms with Gasteiger partial charge >= 0.3 is 0 Å². The van der Waals surface area contributed by atoms with Crippen LogP contribution in [0, 0.1) is 0 Å². The molecule has 4 rings (SSSR count). The average Bonchev–Trinajstić information content (AvgIpc) is 3.40. The second-order valence-electron chi connectivity index (χ2n) is 6.80. The number of hydrogen-bond acceptors (Lipinski definition) is 5. The van der Waals surface area contributed by atoms with Crippen molar-refractivity contribution in [3.05, 3.63) is 71.9 Å². The summed E-state index contributed by atoms with van der Waals surface area (Å²) in [6.07, 6.45) is 1.40. The number of hydrogen-bond donors (Lipinski definition) is 3. The number of aromatic amines is 1. The molecule has 0 atom stereocenters. The van der Waals surface area contributed by atoms with Gasteiger partial charge < -0.3 is 14.2 Å². The predicted octanol–water partition coefficient (Wildman–Crippen LogP) is 3.67. The van der Waals surface area contributed by atoms with Crippen molar-refractivity contribution in [2.75, 3.05) is 5.32 Å². The molecular weight excluding hydrogens is 360 g/mol. The third kappa shape index (κ3) is 3.27. The molecule has 0 saturated carbocycles. The molecule has 8 heteroatoms. The first-order valence-electron chi connectivity index (χ1n) is 8.65. The Bertz CT molecular complexity index is 1120. The van der Waals surface area contributed by atoms with E-state index in [1.54, 1.807) is 12.1 Å². The first-order chi connectivity index (χ1) is 13.4. The van der Waals surface area contributed by atoms with E-state index >= 15 is 0 Å². The number of nitrogens with one attached hydrogen (secondary N) is 3. The van der Waals surface area contributed by atoms with Gasteiger partial charge in [0.25, 0.3) is 11.8 Å². The largest absolute Gasteiger partial charge is 0.459 e. The van der Waals surface area contributed by atoms with E-state index in [1.165, 1.54) is 12.3 Å². The summed E-state index contributed by atoms with van der Waals surface area (Å²) >= 11 is 0. The quantitative estimate of drug-likeness (QED) is 0.490. The highest BCUT2D eigenvalue weighted by Gasteiger charge is 2.26. The Labute approximate surface area is 159 Å². The topological polar surface area (TPSA) is 113 Å². The molecular formula is C20H18N4O4. The summed E-state index contributed by atoms with van der Waals surface area (Å²) in [5, 5.41) is 12.3. The van der Waals surface area contributed by atoms with Gasteiger partial charge in [-0.2, -0.15) is 5.10 Å². The fraction of sp³-hybridized carbons (Fsp3) is 0.150. The van der Waals surface area contributed by atoms with Crippen LogP contribution in [0.5, 0.6) is 0 Å². The maximum atomic E-state index is 12.7. The van der Waals surface area contributed by atoms with Crippen LogP contribution in [0.1, 0.15) is 40.5 Å². The summed E-state index contributed by atoms with van der Waals surface area (Å²) < 4.78 is 10.7. The number of furan rings is 2. The molecule has 0 fully saturated rings. The molecule has 0 unspecified atom stereocenters. The number of rotatable bonds is 5. The van der Waals surface area contributed by atoms with Gasteiger partial charge in [0.05, 0.1) is 11.8 Å². The molecule has 8 nitrogen and oxygen atoms in total. The van der Waals surface area contributed by atoms with Crippen molar-refractivity contribution < 1.29 is 18.4 Å². The van der Waals surface area contributed by atoms with Crippen LogP contribution < -0.4 is 10.6 Å². The van der Waals surface area contributed by atoms with Crippen molar-refractivity contribution in [3.63, 3.8) is 0 Å². The molecule has 142 valence electrons. The second-order valence-corrected chi connectivity index (χ2v) is 6.80. The van der Waals surface area contributed by atoms with Crippen LogP contribution in [0.4, 0.5) is 5.82 Å². The lowest BCUT2D eigenvalue weighted by Crippen LogP contribution is -2.40. The van der Waals surface area contributed by atoms with E-state index < -0.39 is 11.4 Å². The van der Waals surface area contributed by atoms with Crippen LogP contribution in [0.2, 0.25) is 0 Å². The minimum atomic E-state index is -0.590. The fourth-order valence-corrected chi connectivity index (χ4v) is 2.86. The second kappa shape index (κ2) is 6.73. The van der Waals surface area contributed by atoms with Gasteiger partial charge in [-0.25, -0.2) is 0 Å². The predicted molar refractivity (Wildman–Crippen MR) is 102 cm³/mol. The molecule has 3 aromatic heterocycles. The van der Waals surface area contributed by atoms with E-state index in [2.05, 4.69) is 20.8 Å². The Balaban J connectivity index is 1.54. The number of aromatic nitrogens is 2. The van der Waals surface area contributed by atoms with Crippen molar-refractivity contribution in [1.82, 2.24) is 15.5 Å². The Kier molecular flexibility index (Phi) is 4.23. The third-order valence-corrected chi connectivity index (χ3v) is 4.36. The van der Waals surface area contributed by atoms with Crippen LogP contribution in [-0.4, -0.2) is 22.0 Å². The minimum Gasteiger partial charge on any atom is -0.459 e. The summed E-state index contributed by atoms with van der Waals surface area (Å²) in [7, 11) is 0. The van der Waals surface area contributed by atoms with Crippen molar-refractivity contribution in [1.29, 1.82) is 0 Å². The van der Waals surface area contributed by atoms with Gasteiger partial charge in [-0.1, -0.05) is 30.3 Å². The summed E-state index contributed by atoms with van der Waals surface area (Å²) in [5.41, 5.74) is 1.15. The van der Waals surface area contributed by atoms with E-state index in [9.17, 15) is 9.59 Å². The molecule has 0 aliphatic heterocycles. The highest BCUT2D eigenvalue weighted by atomic mass is 16.4. The number of H-pyrrole nitrogens is 1. The zero-order valence-electron chi connectivity index (χ0n) is 15.3. The van der Waals surface area contributed by atoms with Crippen molar-refractivity contribution in [3.8, 4) is 0 Å². The highest BCUT2D eigenvalue weighted by molar-refractivity contribution is 6.06. The Morgan fingerprint density at radius 1 is 1.04 bits per heavy atom. The molecule has 0 spiro atoms. The third-order valence-electron chi connectivity index (χ3n) is 4.36. The molecule has 0 bridgehead atoms. The molecule has 28 heavy (non-hydrogen) atoms. The van der Waals surface area contributed by atoms with Gasteiger partial charge in [0, 0.05) is 6.07 Å². The number of nitrogens with zero attached hydrogens (tertiary/aromatic N) is 1. The monoisotopic (exact) mass is 378 g/mol. The van der Waals surface area contributed by atoms with E-state index in [1.807, 2.05) is 44.2 Å². The SMILES string of the molecule is CC(C)(NC(=O)c1cc2[nH]nc(NC(=O)c3ccco3)c2o1)c1ccccc1. The number of carbonyl (C=O) groups is 2. The molecule has 3 N–H and O–H groups in total. The summed E-state index contributed by atoms with van der Waals surface area (Å²) in [4.78, 5) is 24.8. The van der Waals surface area contributed by atoms with Crippen LogP contribution in [0.15, 0.2) is 63.6 Å². The Morgan fingerprint density at radius 2 is 1.82 bits per heavy atom. The molecule has 0 radical (unpaired) electrons. The molecule has 0 aliphatic rings. The highest BCUT2D eigenvalue weighted by Crippen LogP contribution is 2.26. The summed E-state index contributed by atoms with van der Waals surface area (Å²) in [6, 6.07) is 14.3. The van der Waals surface area contributed by atoms with E-state index in [4.69, 9.17) is 8.83 Å². The molecule has 2 amide bonds. The van der Waals surface area contributed by atoms with Gasteiger partial charge in [0.2, 0.25) is 0 Å². The number of carbonyl (C=O) groups excluding carboxylic acids is 2. The van der Waals surface area contributed by atoms with Gasteiger partial charge in [-0.05, 0) is 31.5 Å². The average molecular weight is 378 g/mol. The smallest absolute Gasteiger partial charge is 0.292 e. The molecule has 0 saturated heterocycles. The van der Waals surface area contributed by atoms with Gasteiger partial charge in [0.15, 0.2) is 22.9 Å². The minimum absolute atomic E-state index is 0.112. The molecule has 1 aromatic carbocycles. The lowest BCUT2D eigenvalue weighted by Gasteiger charge is -2.26. The maximum Gasteiger partial charge on any atom is 0.292 e. The lowest BCUT2D eigenvalue weighted by molar-refractivity contribution is 0.0885. The number of benzene rings is 1. The summed E-state index contributed by atoms with van der Waals surface area (Å²) in [6.45, 7) is 3.82. The van der Waals surface area contributed by atoms with Gasteiger partial charge in [0.1, 0.15) is 5.52 Å². The molecule has 3 heterocycles. The Morgan fingerprint density at radius 3 is 2.54 bits per heavy atom. The van der Waals surface area contributed by atoms with E-state index in [0.717, 1.165) is 5.56 Å². The number of amides is 2. The van der Waals surface area contributed by atoms with Crippen LogP contribution in [-0.2, 0) is 5.54 Å². The maximum absolute atomic E-state index is 12.7. The first-order valence-corrected chi connectivity index (χ1v) is 8.65. The lowest BCUT2D eigenvalue weighted by atomic mass is 9.94. The van der Waals surface area contributed by atoms with Crippen molar-refractivity contribution in [2.24, 2.45) is 0 Å². The standard InChI is InChI=1S/C20H18N4O4/c1-20(2,12-7-4-3-5-8-12)22-19(26)15-11-13-16(28-15)17(24-23-13)21-18(25)14-9-6-10-27-14/h3-11H,1-2H3,(H,22,26)(H2,21,23,24,25). The van der Waals surface area contributed by atoms with Crippen molar-refractivity contribution in [2.45, 2.75) is 19.4 Å². The van der Waals surface area contributed by atoms with Crippen molar-refractivity contribution >= 4 is 28.7 Å². The van der Waals surface area contributed by atoms with Gasteiger partial charge in [-0.15, -0.1) is 0 Å². The number of anilines is 1. The zero-order valence-corrected chi connectivity index (χ0v) is 15.3.